The molecule has 2 aromatic carbocycles. The van der Waals surface area contributed by atoms with E-state index in [1.165, 1.54) is 10.8 Å². The Morgan fingerprint density at radius 2 is 2.19 bits per heavy atom. The molecule has 0 radical (unpaired) electrons. The van der Waals surface area contributed by atoms with Gasteiger partial charge in [0, 0.05) is 12.5 Å². The van der Waals surface area contributed by atoms with E-state index in [0.717, 1.165) is 42.0 Å². The minimum atomic E-state index is -0.394. The van der Waals surface area contributed by atoms with Gasteiger partial charge in [0.1, 0.15) is 5.82 Å². The summed E-state index contributed by atoms with van der Waals surface area (Å²) in [7, 11) is 0. The number of benzene rings is 2. The first kappa shape index (κ1) is 18.1. The van der Waals surface area contributed by atoms with E-state index < -0.39 is 5.82 Å². The zero-order valence-electron chi connectivity index (χ0n) is 15.2. The molecule has 1 amide bonds. The minimum absolute atomic E-state index is 0.178. The average molecular weight is 383 g/mol. The lowest BCUT2D eigenvalue weighted by atomic mass is 9.99. The molecule has 4 nitrogen and oxygen atoms in total. The van der Waals surface area contributed by atoms with Gasteiger partial charge in [0.15, 0.2) is 0 Å². The molecular formula is C21H22FN3OS. The van der Waals surface area contributed by atoms with Gasteiger partial charge in [0.05, 0.1) is 27.5 Å². The maximum absolute atomic E-state index is 13.9. The third-order valence-electron chi connectivity index (χ3n) is 4.93. The third kappa shape index (κ3) is 4.17. The summed E-state index contributed by atoms with van der Waals surface area (Å²) in [4.78, 5) is 19.3. The van der Waals surface area contributed by atoms with Gasteiger partial charge in [-0.25, -0.2) is 9.37 Å². The lowest BCUT2D eigenvalue weighted by Gasteiger charge is -2.31. The molecule has 1 aliphatic rings. The van der Waals surface area contributed by atoms with Gasteiger partial charge in [-0.15, -0.1) is 11.3 Å². The summed E-state index contributed by atoms with van der Waals surface area (Å²) < 4.78 is 15.1. The van der Waals surface area contributed by atoms with Crippen LogP contribution < -0.4 is 5.32 Å². The number of aryl methyl sites for hydroxylation is 1. The number of nitrogens with one attached hydrogen (secondary N) is 1. The number of amides is 1. The molecule has 1 aromatic heterocycles. The van der Waals surface area contributed by atoms with Gasteiger partial charge in [-0.1, -0.05) is 18.2 Å². The molecule has 0 unspecified atom stereocenters. The molecule has 0 aliphatic carbocycles. The van der Waals surface area contributed by atoms with Crippen molar-refractivity contribution >= 4 is 33.1 Å². The fourth-order valence-electron chi connectivity index (χ4n) is 3.58. The standard InChI is InChI=1S/C21H22FN3OS/c1-14-8-9-17(16(22)11-14)23-20(26)13-25-10-4-5-15(12-25)21-24-18-6-2-3-7-19(18)27-21/h2-3,6-9,11,15H,4-5,10,12-13H2,1H3,(H,23,26)/t15-/m0/s1. The second-order valence-electron chi connectivity index (χ2n) is 7.13. The number of piperidine rings is 1. The fourth-order valence-corrected chi connectivity index (χ4v) is 4.67. The van der Waals surface area contributed by atoms with Crippen molar-refractivity contribution in [1.82, 2.24) is 9.88 Å². The first-order valence-corrected chi connectivity index (χ1v) is 10.0. The smallest absolute Gasteiger partial charge is 0.238 e. The van der Waals surface area contributed by atoms with Crippen LogP contribution in [-0.4, -0.2) is 35.4 Å². The molecule has 0 bridgehead atoms. The number of hydrogen-bond acceptors (Lipinski definition) is 4. The Morgan fingerprint density at radius 3 is 3.00 bits per heavy atom. The van der Waals surface area contributed by atoms with Gasteiger partial charge in [0.2, 0.25) is 5.91 Å². The number of aromatic nitrogens is 1. The predicted octanol–water partition coefficient (Wildman–Crippen LogP) is 4.56. The number of likely N-dealkylation sites (tertiary alicyclic amines) is 1. The number of thiazole rings is 1. The lowest BCUT2D eigenvalue weighted by molar-refractivity contribution is -0.117. The molecule has 1 atom stereocenters. The fraction of sp³-hybridized carbons (Fsp3) is 0.333. The van der Waals surface area contributed by atoms with Crippen LogP contribution in [0.25, 0.3) is 10.2 Å². The summed E-state index contributed by atoms with van der Waals surface area (Å²) in [6.45, 7) is 3.79. The van der Waals surface area contributed by atoms with Gasteiger partial charge in [0.25, 0.3) is 0 Å². The van der Waals surface area contributed by atoms with Crippen molar-refractivity contribution in [1.29, 1.82) is 0 Å². The van der Waals surface area contributed by atoms with E-state index in [2.05, 4.69) is 16.3 Å². The van der Waals surface area contributed by atoms with E-state index in [4.69, 9.17) is 4.98 Å². The Hall–Kier alpha value is -2.31. The number of hydrogen-bond donors (Lipinski definition) is 1. The second kappa shape index (κ2) is 7.74. The number of rotatable bonds is 4. The van der Waals surface area contributed by atoms with E-state index in [1.807, 2.05) is 25.1 Å². The molecule has 27 heavy (non-hydrogen) atoms. The maximum atomic E-state index is 13.9. The van der Waals surface area contributed by atoms with Crippen molar-refractivity contribution in [2.45, 2.75) is 25.7 Å². The molecule has 2 heterocycles. The first-order chi connectivity index (χ1) is 13.1. The highest BCUT2D eigenvalue weighted by molar-refractivity contribution is 7.18. The van der Waals surface area contributed by atoms with E-state index >= 15 is 0 Å². The SMILES string of the molecule is Cc1ccc(NC(=O)CN2CCC[C@H](c3nc4ccccc4s3)C2)c(F)c1. The molecule has 1 N–H and O–H groups in total. The molecule has 4 rings (SSSR count). The minimum Gasteiger partial charge on any atom is -0.322 e. The van der Waals surface area contributed by atoms with Crippen LogP contribution in [0.15, 0.2) is 42.5 Å². The summed E-state index contributed by atoms with van der Waals surface area (Å²) in [5, 5.41) is 3.84. The lowest BCUT2D eigenvalue weighted by Crippen LogP contribution is -2.39. The summed E-state index contributed by atoms with van der Waals surface area (Å²) >= 11 is 1.74. The van der Waals surface area contributed by atoms with Gasteiger partial charge in [-0.2, -0.15) is 0 Å². The third-order valence-corrected chi connectivity index (χ3v) is 6.13. The topological polar surface area (TPSA) is 45.2 Å². The van der Waals surface area contributed by atoms with Crippen LogP contribution in [0.3, 0.4) is 0 Å². The zero-order valence-corrected chi connectivity index (χ0v) is 16.1. The number of fused-ring (bicyclic) bond motifs is 1. The van der Waals surface area contributed by atoms with Gasteiger partial charge < -0.3 is 5.32 Å². The molecule has 1 saturated heterocycles. The molecule has 3 aromatic rings. The van der Waals surface area contributed by atoms with Crippen LogP contribution >= 0.6 is 11.3 Å². The van der Waals surface area contributed by atoms with Crippen LogP contribution in [0.5, 0.6) is 0 Å². The van der Waals surface area contributed by atoms with Crippen molar-refractivity contribution in [2.75, 3.05) is 25.0 Å². The quantitative estimate of drug-likeness (QED) is 0.718. The first-order valence-electron chi connectivity index (χ1n) is 9.22. The second-order valence-corrected chi connectivity index (χ2v) is 8.19. The van der Waals surface area contributed by atoms with Crippen LogP contribution in [0.4, 0.5) is 10.1 Å². The van der Waals surface area contributed by atoms with Crippen molar-refractivity contribution in [3.63, 3.8) is 0 Å². The molecule has 140 valence electrons. The Bertz CT molecular complexity index is 938. The highest BCUT2D eigenvalue weighted by atomic mass is 32.1. The predicted molar refractivity (Wildman–Crippen MR) is 108 cm³/mol. The molecule has 0 saturated carbocycles. The number of carbonyl (C=O) groups excluding carboxylic acids is 1. The van der Waals surface area contributed by atoms with Gasteiger partial charge in [-0.05, 0) is 56.1 Å². The van der Waals surface area contributed by atoms with Crippen molar-refractivity contribution in [3.8, 4) is 0 Å². The van der Waals surface area contributed by atoms with E-state index in [0.29, 0.717) is 5.92 Å². The van der Waals surface area contributed by atoms with Crippen LogP contribution in [0.2, 0.25) is 0 Å². The average Bonchev–Trinajstić information content (AvgIpc) is 3.08. The zero-order chi connectivity index (χ0) is 18.8. The number of para-hydroxylation sites is 1. The van der Waals surface area contributed by atoms with E-state index in [9.17, 15) is 9.18 Å². The van der Waals surface area contributed by atoms with Crippen LogP contribution in [0.1, 0.15) is 29.3 Å². The monoisotopic (exact) mass is 383 g/mol. The number of nitrogens with zero attached hydrogens (tertiary/aromatic N) is 2. The molecule has 6 heteroatoms. The summed E-state index contributed by atoms with van der Waals surface area (Å²) in [5.74, 6) is -0.225. The van der Waals surface area contributed by atoms with Gasteiger partial charge >= 0.3 is 0 Å². The summed E-state index contributed by atoms with van der Waals surface area (Å²) in [6, 6.07) is 13.0. The Kier molecular flexibility index (Phi) is 5.18. The highest BCUT2D eigenvalue weighted by Gasteiger charge is 2.25. The van der Waals surface area contributed by atoms with Crippen LogP contribution in [0, 0.1) is 12.7 Å². The number of anilines is 1. The molecular weight excluding hydrogens is 361 g/mol. The van der Waals surface area contributed by atoms with Crippen molar-refractivity contribution < 1.29 is 9.18 Å². The normalized spacial score (nSPS) is 17.9. The van der Waals surface area contributed by atoms with Crippen LogP contribution in [-0.2, 0) is 4.79 Å². The summed E-state index contributed by atoms with van der Waals surface area (Å²) in [6.07, 6.45) is 2.12. The number of halogens is 1. The molecule has 1 aliphatic heterocycles. The summed E-state index contributed by atoms with van der Waals surface area (Å²) in [5.41, 5.74) is 2.12. The Morgan fingerprint density at radius 1 is 1.33 bits per heavy atom. The van der Waals surface area contributed by atoms with Gasteiger partial charge in [-0.3, -0.25) is 9.69 Å². The largest absolute Gasteiger partial charge is 0.322 e. The molecule has 0 spiro atoms. The maximum Gasteiger partial charge on any atom is 0.238 e. The Balaban J connectivity index is 1.40. The Labute approximate surface area is 162 Å². The van der Waals surface area contributed by atoms with Crippen molar-refractivity contribution in [2.24, 2.45) is 0 Å². The van der Waals surface area contributed by atoms with E-state index in [1.54, 1.807) is 23.5 Å². The number of carbonyl (C=O) groups is 1. The molecule has 1 fully saturated rings. The van der Waals surface area contributed by atoms with E-state index in [-0.39, 0.29) is 18.1 Å². The van der Waals surface area contributed by atoms with Crippen molar-refractivity contribution in [3.05, 3.63) is 58.9 Å². The highest BCUT2D eigenvalue weighted by Crippen LogP contribution is 2.32.